The number of rotatable bonds is 8. The van der Waals surface area contributed by atoms with Gasteiger partial charge in [-0.1, -0.05) is 77.5 Å². The Morgan fingerprint density at radius 1 is 1.00 bits per heavy atom. The highest BCUT2D eigenvalue weighted by Gasteiger charge is 2.21. The summed E-state index contributed by atoms with van der Waals surface area (Å²) in [6.07, 6.45) is 1.22. The van der Waals surface area contributed by atoms with Crippen molar-refractivity contribution in [3.8, 4) is 11.1 Å². The highest BCUT2D eigenvalue weighted by Crippen LogP contribution is 2.31. The van der Waals surface area contributed by atoms with Crippen LogP contribution >= 0.6 is 22.9 Å². The molecule has 0 radical (unpaired) electrons. The molecular formula is C28H28ClN3O2S. The number of carbonyl (C=O) groups is 1. The third-order valence-electron chi connectivity index (χ3n) is 6.25. The predicted octanol–water partition coefficient (Wildman–Crippen LogP) is 5.91. The third kappa shape index (κ3) is 6.08. The van der Waals surface area contributed by atoms with E-state index in [0.29, 0.717) is 18.0 Å². The van der Waals surface area contributed by atoms with Crippen molar-refractivity contribution >= 4 is 44.2 Å². The summed E-state index contributed by atoms with van der Waals surface area (Å²) in [5.41, 5.74) is 4.18. The van der Waals surface area contributed by atoms with Crippen molar-refractivity contribution in [2.45, 2.75) is 12.8 Å². The van der Waals surface area contributed by atoms with Gasteiger partial charge in [0, 0.05) is 31.2 Å². The molecule has 3 aromatic carbocycles. The Balaban J connectivity index is 1.32. The van der Waals surface area contributed by atoms with Crippen LogP contribution in [0.3, 0.4) is 0 Å². The first-order valence-electron chi connectivity index (χ1n) is 12.0. The van der Waals surface area contributed by atoms with Crippen molar-refractivity contribution in [1.82, 2.24) is 9.88 Å². The number of thiazole rings is 1. The molecular weight excluding hydrogens is 478 g/mol. The van der Waals surface area contributed by atoms with Crippen LogP contribution in [-0.4, -0.2) is 55.2 Å². The van der Waals surface area contributed by atoms with Crippen molar-refractivity contribution in [3.63, 3.8) is 0 Å². The average molecular weight is 506 g/mol. The van der Waals surface area contributed by atoms with E-state index in [1.54, 1.807) is 0 Å². The van der Waals surface area contributed by atoms with Crippen LogP contribution in [0.1, 0.15) is 12.0 Å². The summed E-state index contributed by atoms with van der Waals surface area (Å²) in [7, 11) is 0. The minimum atomic E-state index is 0.0598. The summed E-state index contributed by atoms with van der Waals surface area (Å²) in [5, 5.41) is 1.41. The molecule has 5 rings (SSSR count). The first-order chi connectivity index (χ1) is 17.2. The maximum absolute atomic E-state index is 13.5. The van der Waals surface area contributed by atoms with E-state index < -0.39 is 0 Å². The van der Waals surface area contributed by atoms with E-state index in [2.05, 4.69) is 29.2 Å². The van der Waals surface area contributed by atoms with Gasteiger partial charge < -0.3 is 4.74 Å². The van der Waals surface area contributed by atoms with E-state index in [9.17, 15) is 4.79 Å². The number of hydrogen-bond donors (Lipinski definition) is 0. The highest BCUT2D eigenvalue weighted by atomic mass is 35.5. The molecule has 1 saturated heterocycles. The molecule has 2 heterocycles. The van der Waals surface area contributed by atoms with Gasteiger partial charge in [-0.2, -0.15) is 0 Å². The summed E-state index contributed by atoms with van der Waals surface area (Å²) in [4.78, 5) is 22.5. The van der Waals surface area contributed by atoms with E-state index in [0.717, 1.165) is 65.7 Å². The number of carbonyl (C=O) groups excluding carboxylic acids is 1. The van der Waals surface area contributed by atoms with Crippen LogP contribution in [-0.2, 0) is 16.0 Å². The second-order valence-electron chi connectivity index (χ2n) is 8.70. The van der Waals surface area contributed by atoms with E-state index in [-0.39, 0.29) is 5.91 Å². The molecule has 1 aliphatic rings. The fourth-order valence-electron chi connectivity index (χ4n) is 4.32. The van der Waals surface area contributed by atoms with E-state index >= 15 is 0 Å². The molecule has 4 aromatic rings. The molecule has 0 spiro atoms. The summed E-state index contributed by atoms with van der Waals surface area (Å²) in [5.74, 6) is 0.0598. The summed E-state index contributed by atoms with van der Waals surface area (Å²) < 4.78 is 6.45. The second kappa shape index (κ2) is 11.3. The summed E-state index contributed by atoms with van der Waals surface area (Å²) >= 11 is 7.71. The molecule has 7 heteroatoms. The largest absolute Gasteiger partial charge is 0.379 e. The SMILES string of the molecule is O=C(Cc1ccc(-c2ccccc2)cc1)N(CCCN1CCOCC1)c1nc2ccc(Cl)cc2s1. The Morgan fingerprint density at radius 2 is 1.74 bits per heavy atom. The van der Waals surface area contributed by atoms with Gasteiger partial charge in [-0.25, -0.2) is 4.98 Å². The monoisotopic (exact) mass is 505 g/mol. The number of nitrogens with zero attached hydrogens (tertiary/aromatic N) is 3. The zero-order chi connectivity index (χ0) is 24.0. The van der Waals surface area contributed by atoms with Crippen LogP contribution in [0.15, 0.2) is 72.8 Å². The van der Waals surface area contributed by atoms with E-state index in [1.807, 2.05) is 53.4 Å². The molecule has 1 fully saturated rings. The molecule has 1 aliphatic heterocycles. The first-order valence-corrected chi connectivity index (χ1v) is 13.2. The van der Waals surface area contributed by atoms with E-state index in [1.165, 1.54) is 16.9 Å². The lowest BCUT2D eigenvalue weighted by Crippen LogP contribution is -2.39. The first kappa shape index (κ1) is 23.9. The minimum Gasteiger partial charge on any atom is -0.379 e. The number of amides is 1. The van der Waals surface area contributed by atoms with Gasteiger partial charge in [0.15, 0.2) is 5.13 Å². The third-order valence-corrected chi connectivity index (χ3v) is 7.52. The van der Waals surface area contributed by atoms with Gasteiger partial charge in [0.25, 0.3) is 0 Å². The zero-order valence-corrected chi connectivity index (χ0v) is 21.1. The standard InChI is InChI=1S/C28H28ClN3O2S/c29-24-11-12-25-26(20-24)35-28(30-25)32(14-4-13-31-15-17-34-18-16-31)27(33)19-21-7-9-23(10-8-21)22-5-2-1-3-6-22/h1-3,5-12,20H,4,13-19H2. The number of fused-ring (bicyclic) bond motifs is 1. The smallest absolute Gasteiger partial charge is 0.233 e. The Morgan fingerprint density at radius 3 is 2.51 bits per heavy atom. The van der Waals surface area contributed by atoms with Crippen LogP contribution in [0.5, 0.6) is 0 Å². The Bertz CT molecular complexity index is 1270. The summed E-state index contributed by atoms with van der Waals surface area (Å²) in [6.45, 7) is 5.02. The molecule has 0 bridgehead atoms. The molecule has 1 amide bonds. The zero-order valence-electron chi connectivity index (χ0n) is 19.5. The number of aromatic nitrogens is 1. The van der Waals surface area contributed by atoms with Crippen LogP contribution in [0.2, 0.25) is 5.02 Å². The number of ether oxygens (including phenoxy) is 1. The normalized spacial score (nSPS) is 14.3. The minimum absolute atomic E-state index is 0.0598. The lowest BCUT2D eigenvalue weighted by atomic mass is 10.0. The van der Waals surface area contributed by atoms with Crippen molar-refractivity contribution in [2.24, 2.45) is 0 Å². The maximum Gasteiger partial charge on any atom is 0.233 e. The number of anilines is 1. The molecule has 1 aromatic heterocycles. The maximum atomic E-state index is 13.5. The van der Waals surface area contributed by atoms with Crippen molar-refractivity contribution in [2.75, 3.05) is 44.3 Å². The Labute approximate surface area is 214 Å². The Hall–Kier alpha value is -2.77. The second-order valence-corrected chi connectivity index (χ2v) is 10.1. The molecule has 180 valence electrons. The van der Waals surface area contributed by atoms with Crippen molar-refractivity contribution in [3.05, 3.63) is 83.4 Å². The quantitative estimate of drug-likeness (QED) is 0.298. The lowest BCUT2D eigenvalue weighted by molar-refractivity contribution is -0.118. The Kier molecular flexibility index (Phi) is 7.74. The average Bonchev–Trinajstić information content (AvgIpc) is 3.31. The van der Waals surface area contributed by atoms with Gasteiger partial charge in [-0.05, 0) is 41.3 Å². The molecule has 0 saturated carbocycles. The highest BCUT2D eigenvalue weighted by molar-refractivity contribution is 7.22. The molecule has 0 unspecified atom stereocenters. The van der Waals surface area contributed by atoms with Gasteiger partial charge in [-0.15, -0.1) is 0 Å². The number of halogens is 1. The van der Waals surface area contributed by atoms with Gasteiger partial charge in [0.05, 0.1) is 29.9 Å². The topological polar surface area (TPSA) is 45.7 Å². The van der Waals surface area contributed by atoms with Crippen LogP contribution in [0.4, 0.5) is 5.13 Å². The van der Waals surface area contributed by atoms with Crippen molar-refractivity contribution in [1.29, 1.82) is 0 Å². The van der Waals surface area contributed by atoms with Gasteiger partial charge in [0.2, 0.25) is 5.91 Å². The summed E-state index contributed by atoms with van der Waals surface area (Å²) in [6, 6.07) is 24.2. The van der Waals surface area contributed by atoms with Crippen molar-refractivity contribution < 1.29 is 9.53 Å². The molecule has 0 N–H and O–H groups in total. The fourth-order valence-corrected chi connectivity index (χ4v) is 5.61. The number of benzene rings is 3. The molecule has 0 atom stereocenters. The molecule has 0 aliphatic carbocycles. The van der Waals surface area contributed by atoms with Crippen LogP contribution in [0, 0.1) is 0 Å². The number of hydrogen-bond acceptors (Lipinski definition) is 5. The number of morpholine rings is 1. The van der Waals surface area contributed by atoms with Gasteiger partial charge in [-0.3, -0.25) is 14.6 Å². The van der Waals surface area contributed by atoms with Gasteiger partial charge in [0.1, 0.15) is 0 Å². The lowest BCUT2D eigenvalue weighted by Gasteiger charge is -2.27. The molecule has 5 nitrogen and oxygen atoms in total. The fraction of sp³-hybridized carbons (Fsp3) is 0.286. The molecule has 35 heavy (non-hydrogen) atoms. The van der Waals surface area contributed by atoms with E-state index in [4.69, 9.17) is 21.3 Å². The predicted molar refractivity (Wildman–Crippen MR) is 144 cm³/mol. The van der Waals surface area contributed by atoms with Crippen LogP contribution < -0.4 is 4.90 Å². The van der Waals surface area contributed by atoms with Crippen LogP contribution in [0.25, 0.3) is 21.3 Å². The van der Waals surface area contributed by atoms with Gasteiger partial charge >= 0.3 is 0 Å².